The van der Waals surface area contributed by atoms with Crippen LogP contribution in [-0.4, -0.2) is 23.1 Å². The average molecular weight is 478 g/mol. The van der Waals surface area contributed by atoms with Crippen molar-refractivity contribution < 1.29 is 32.0 Å². The highest BCUT2D eigenvalue weighted by molar-refractivity contribution is 7.98. The minimum absolute atomic E-state index is 0.0480. The van der Waals surface area contributed by atoms with E-state index < -0.39 is 29.7 Å². The van der Waals surface area contributed by atoms with Gasteiger partial charge in [-0.25, -0.2) is 4.79 Å². The lowest BCUT2D eigenvalue weighted by atomic mass is 10.2. The maximum absolute atomic E-state index is 12.9. The first-order valence-corrected chi connectivity index (χ1v) is 10.9. The lowest BCUT2D eigenvalue weighted by Crippen LogP contribution is -2.30. The summed E-state index contributed by atoms with van der Waals surface area (Å²) in [6.07, 6.45) is -5.77. The fourth-order valence-corrected chi connectivity index (χ4v) is 4.11. The molecule has 33 heavy (non-hydrogen) atoms. The van der Waals surface area contributed by atoms with Crippen molar-refractivity contribution in [2.24, 2.45) is 0 Å². The molecule has 0 aliphatic rings. The van der Waals surface area contributed by atoms with E-state index in [2.05, 4.69) is 10.5 Å². The number of halogens is 3. The van der Waals surface area contributed by atoms with E-state index >= 15 is 0 Å². The number of hydrogen-bond acceptors (Lipinski definition) is 6. The molecule has 0 aliphatic heterocycles. The minimum atomic E-state index is -4.54. The minimum Gasteiger partial charge on any atom is -0.449 e. The number of esters is 1. The summed E-state index contributed by atoms with van der Waals surface area (Å²) < 4.78 is 49.0. The summed E-state index contributed by atoms with van der Waals surface area (Å²) in [5.74, 6) is -0.246. The van der Waals surface area contributed by atoms with Crippen molar-refractivity contribution in [3.05, 3.63) is 76.7 Å². The zero-order valence-corrected chi connectivity index (χ0v) is 18.8. The predicted molar refractivity (Wildman–Crippen MR) is 117 cm³/mol. The van der Waals surface area contributed by atoms with Gasteiger partial charge in [0.2, 0.25) is 0 Å². The van der Waals surface area contributed by atoms with Crippen molar-refractivity contribution >= 4 is 29.3 Å². The maximum Gasteiger partial charge on any atom is 0.416 e. The number of nitrogens with one attached hydrogen (secondary N) is 1. The van der Waals surface area contributed by atoms with Gasteiger partial charge in [0.25, 0.3) is 5.91 Å². The van der Waals surface area contributed by atoms with Crippen molar-refractivity contribution in [3.8, 4) is 0 Å². The number of nitrogens with zero attached hydrogens (tertiary/aromatic N) is 1. The molecular weight excluding hydrogens is 457 g/mol. The molecule has 0 fully saturated rings. The first kappa shape index (κ1) is 24.4. The Morgan fingerprint density at radius 3 is 2.55 bits per heavy atom. The number of anilines is 1. The number of thioether (sulfide) groups is 1. The molecule has 1 amide bonds. The highest BCUT2D eigenvalue weighted by atomic mass is 32.2. The van der Waals surface area contributed by atoms with Crippen LogP contribution in [0.5, 0.6) is 0 Å². The summed E-state index contributed by atoms with van der Waals surface area (Å²) in [4.78, 5) is 25.8. The SMILES string of the molecule is Cc1noc(C)c1CSc1ccccc1C(=O)OC(C)C(=O)Nc1cccc(C(F)(F)F)c1. The van der Waals surface area contributed by atoms with E-state index in [1.807, 2.05) is 6.92 Å². The van der Waals surface area contributed by atoms with E-state index in [1.165, 1.54) is 30.8 Å². The molecule has 0 aliphatic carbocycles. The molecule has 0 saturated carbocycles. The van der Waals surface area contributed by atoms with E-state index in [4.69, 9.17) is 9.26 Å². The molecule has 1 unspecified atom stereocenters. The summed E-state index contributed by atoms with van der Waals surface area (Å²) in [5, 5.41) is 6.25. The Labute approximate surface area is 192 Å². The molecular formula is C23H21F3N2O4S. The maximum atomic E-state index is 12.9. The van der Waals surface area contributed by atoms with Gasteiger partial charge in [0.15, 0.2) is 6.10 Å². The molecule has 0 radical (unpaired) electrons. The molecule has 10 heteroatoms. The molecule has 1 atom stereocenters. The van der Waals surface area contributed by atoms with Crippen LogP contribution in [0, 0.1) is 13.8 Å². The normalized spacial score (nSPS) is 12.3. The van der Waals surface area contributed by atoms with Crippen LogP contribution in [0.2, 0.25) is 0 Å². The Hall–Kier alpha value is -3.27. The molecule has 0 spiro atoms. The molecule has 1 N–H and O–H groups in total. The van der Waals surface area contributed by atoms with Crippen molar-refractivity contribution in [2.45, 2.75) is 43.7 Å². The summed E-state index contributed by atoms with van der Waals surface area (Å²) in [5.41, 5.74) is 1.02. The van der Waals surface area contributed by atoms with Crippen molar-refractivity contribution in [1.29, 1.82) is 0 Å². The van der Waals surface area contributed by atoms with Crippen LogP contribution >= 0.6 is 11.8 Å². The van der Waals surface area contributed by atoms with Crippen molar-refractivity contribution in [1.82, 2.24) is 5.16 Å². The molecule has 0 bridgehead atoms. The number of aromatic nitrogens is 1. The molecule has 0 saturated heterocycles. The first-order chi connectivity index (χ1) is 15.6. The van der Waals surface area contributed by atoms with Gasteiger partial charge in [-0.15, -0.1) is 11.8 Å². The van der Waals surface area contributed by atoms with Crippen LogP contribution in [0.4, 0.5) is 18.9 Å². The lowest BCUT2D eigenvalue weighted by Gasteiger charge is -2.16. The van der Waals surface area contributed by atoms with Crippen LogP contribution in [-0.2, 0) is 21.5 Å². The third-order valence-electron chi connectivity index (χ3n) is 4.77. The Morgan fingerprint density at radius 1 is 1.15 bits per heavy atom. The number of rotatable bonds is 7. The quantitative estimate of drug-likeness (QED) is 0.342. The number of carbonyl (C=O) groups excluding carboxylic acids is 2. The van der Waals surface area contributed by atoms with Gasteiger partial charge in [0.1, 0.15) is 5.76 Å². The molecule has 174 valence electrons. The second kappa shape index (κ2) is 10.1. The van der Waals surface area contributed by atoms with Crippen LogP contribution < -0.4 is 5.32 Å². The first-order valence-electron chi connectivity index (χ1n) is 9.89. The van der Waals surface area contributed by atoms with E-state index in [0.717, 1.165) is 23.4 Å². The van der Waals surface area contributed by atoms with Crippen LogP contribution in [0.15, 0.2) is 57.9 Å². The van der Waals surface area contributed by atoms with Gasteiger partial charge >= 0.3 is 12.1 Å². The lowest BCUT2D eigenvalue weighted by molar-refractivity contribution is -0.137. The van der Waals surface area contributed by atoms with Gasteiger partial charge in [0.05, 0.1) is 16.8 Å². The number of carbonyl (C=O) groups is 2. The summed E-state index contributed by atoms with van der Waals surface area (Å²) in [6, 6.07) is 11.0. The Kier molecular flexibility index (Phi) is 7.47. The molecule has 3 rings (SSSR count). The second-order valence-corrected chi connectivity index (χ2v) is 8.22. The van der Waals surface area contributed by atoms with E-state index in [-0.39, 0.29) is 11.3 Å². The van der Waals surface area contributed by atoms with E-state index in [1.54, 1.807) is 31.2 Å². The third-order valence-corrected chi connectivity index (χ3v) is 5.87. The van der Waals surface area contributed by atoms with Gasteiger partial charge < -0.3 is 14.6 Å². The fourth-order valence-electron chi connectivity index (χ4n) is 2.91. The van der Waals surface area contributed by atoms with E-state index in [9.17, 15) is 22.8 Å². The Morgan fingerprint density at radius 2 is 1.88 bits per heavy atom. The smallest absolute Gasteiger partial charge is 0.416 e. The second-order valence-electron chi connectivity index (χ2n) is 7.20. The largest absolute Gasteiger partial charge is 0.449 e. The number of ether oxygens (including phenoxy) is 1. The van der Waals surface area contributed by atoms with E-state index in [0.29, 0.717) is 16.4 Å². The predicted octanol–water partition coefficient (Wildman–Crippen LogP) is 5.79. The van der Waals surface area contributed by atoms with Gasteiger partial charge in [0, 0.05) is 21.9 Å². The molecule has 6 nitrogen and oxygen atoms in total. The monoisotopic (exact) mass is 478 g/mol. The number of amides is 1. The van der Waals surface area contributed by atoms with Crippen LogP contribution in [0.3, 0.4) is 0 Å². The molecule has 2 aromatic carbocycles. The fraction of sp³-hybridized carbons (Fsp3) is 0.261. The molecule has 1 heterocycles. The third kappa shape index (κ3) is 6.16. The summed E-state index contributed by atoms with van der Waals surface area (Å²) in [7, 11) is 0. The van der Waals surface area contributed by atoms with Gasteiger partial charge in [-0.05, 0) is 51.1 Å². The number of aryl methyl sites for hydroxylation is 2. The average Bonchev–Trinajstić information content (AvgIpc) is 3.09. The van der Waals surface area contributed by atoms with Crippen LogP contribution in [0.25, 0.3) is 0 Å². The van der Waals surface area contributed by atoms with Crippen molar-refractivity contribution in [3.63, 3.8) is 0 Å². The van der Waals surface area contributed by atoms with Gasteiger partial charge in [-0.1, -0.05) is 23.4 Å². The summed E-state index contributed by atoms with van der Waals surface area (Å²) in [6.45, 7) is 4.98. The number of alkyl halides is 3. The molecule has 3 aromatic rings. The zero-order valence-electron chi connectivity index (χ0n) is 18.0. The topological polar surface area (TPSA) is 81.4 Å². The highest BCUT2D eigenvalue weighted by Crippen LogP contribution is 2.31. The molecule has 1 aromatic heterocycles. The Balaban J connectivity index is 1.66. The standard InChI is InChI=1S/C23H21F3N2O4S/c1-13-19(14(2)32-28-13)12-33-20-10-5-4-9-18(20)22(30)31-15(3)21(29)27-17-8-6-7-16(11-17)23(24,25)26/h4-11,15H,12H2,1-3H3,(H,27,29). The van der Waals surface area contributed by atoms with Crippen LogP contribution in [0.1, 0.15) is 39.9 Å². The van der Waals surface area contributed by atoms with Crippen molar-refractivity contribution in [2.75, 3.05) is 5.32 Å². The zero-order chi connectivity index (χ0) is 24.2. The summed E-state index contributed by atoms with van der Waals surface area (Å²) >= 11 is 1.40. The van der Waals surface area contributed by atoms with Gasteiger partial charge in [-0.3, -0.25) is 4.79 Å². The van der Waals surface area contributed by atoms with Gasteiger partial charge in [-0.2, -0.15) is 13.2 Å². The Bertz CT molecular complexity index is 1140. The number of hydrogen-bond donors (Lipinski definition) is 1. The highest BCUT2D eigenvalue weighted by Gasteiger charge is 2.30. The number of benzene rings is 2.